The summed E-state index contributed by atoms with van der Waals surface area (Å²) in [5.74, 6) is 0.942. The second-order valence-corrected chi connectivity index (χ2v) is 9.03. The summed E-state index contributed by atoms with van der Waals surface area (Å²) >= 11 is 0. The summed E-state index contributed by atoms with van der Waals surface area (Å²) in [4.78, 5) is 5.00. The second kappa shape index (κ2) is 7.28. The molecule has 3 nitrogen and oxygen atoms in total. The molecule has 0 radical (unpaired) electrons. The van der Waals surface area contributed by atoms with Gasteiger partial charge in [0.2, 0.25) is 5.69 Å². The van der Waals surface area contributed by atoms with Crippen molar-refractivity contribution in [3.8, 4) is 17.1 Å². The Labute approximate surface area is 193 Å². The van der Waals surface area contributed by atoms with Gasteiger partial charge in [-0.3, -0.25) is 4.57 Å². The van der Waals surface area contributed by atoms with Crippen LogP contribution in [0.4, 0.5) is 0 Å². The van der Waals surface area contributed by atoms with E-state index in [-0.39, 0.29) is 0 Å². The number of para-hydroxylation sites is 2. The number of rotatable bonds is 2. The lowest BCUT2D eigenvalue weighted by atomic mass is 9.95. The highest BCUT2D eigenvalue weighted by Crippen LogP contribution is 2.34. The fourth-order valence-corrected chi connectivity index (χ4v) is 5.16. The minimum atomic E-state index is 0.942. The molecule has 0 spiro atoms. The molecule has 0 N–H and O–H groups in total. The van der Waals surface area contributed by atoms with E-state index >= 15 is 0 Å². The first-order valence-corrected chi connectivity index (χ1v) is 11.4. The molecule has 6 aromatic rings. The number of aromatic nitrogens is 3. The van der Waals surface area contributed by atoms with Gasteiger partial charge in [-0.2, -0.15) is 0 Å². The van der Waals surface area contributed by atoms with Crippen LogP contribution < -0.4 is 4.57 Å². The monoisotopic (exact) mass is 428 g/mol. The van der Waals surface area contributed by atoms with Gasteiger partial charge in [0.25, 0.3) is 0 Å². The van der Waals surface area contributed by atoms with E-state index in [1.165, 1.54) is 55.1 Å². The quantitative estimate of drug-likeness (QED) is 0.280. The first-order chi connectivity index (χ1) is 16.0. The molecule has 0 saturated carbocycles. The minimum absolute atomic E-state index is 0.942. The van der Waals surface area contributed by atoms with E-state index < -0.39 is 0 Å². The first-order valence-electron chi connectivity index (χ1n) is 11.4. The lowest BCUT2D eigenvalue weighted by molar-refractivity contribution is -0.659. The Morgan fingerprint density at radius 2 is 1.42 bits per heavy atom. The lowest BCUT2D eigenvalue weighted by Crippen LogP contribution is -2.31. The number of nitrogens with zero attached hydrogens (tertiary/aromatic N) is 3. The molecular formula is C30H26N3+. The number of hydrogen-bond donors (Lipinski definition) is 0. The Bertz CT molecular complexity index is 1650. The number of hydrogen-bond acceptors (Lipinski definition) is 1. The van der Waals surface area contributed by atoms with Crippen molar-refractivity contribution in [1.82, 2.24) is 9.55 Å². The van der Waals surface area contributed by atoms with E-state index in [0.29, 0.717) is 0 Å². The van der Waals surface area contributed by atoms with Crippen molar-refractivity contribution in [2.45, 2.75) is 20.8 Å². The van der Waals surface area contributed by atoms with Gasteiger partial charge in [0, 0.05) is 23.0 Å². The molecule has 3 aromatic heterocycles. The van der Waals surface area contributed by atoms with E-state index in [0.717, 1.165) is 11.2 Å². The molecule has 0 aliphatic carbocycles. The van der Waals surface area contributed by atoms with Crippen molar-refractivity contribution in [2.24, 2.45) is 7.05 Å². The summed E-state index contributed by atoms with van der Waals surface area (Å²) in [7, 11) is 2.12. The second-order valence-electron chi connectivity index (χ2n) is 9.03. The summed E-state index contributed by atoms with van der Waals surface area (Å²) in [5.41, 5.74) is 8.74. The SMILES string of the molecule is Cc1cc(C)c(C)c(-c2c3cnc(-n4c5ccccc5c5ccccc54)cc3cc[n+]2C)c1. The number of benzene rings is 3. The molecule has 0 amide bonds. The molecule has 0 unspecified atom stereocenters. The molecule has 33 heavy (non-hydrogen) atoms. The van der Waals surface area contributed by atoms with Crippen LogP contribution in [0.3, 0.4) is 0 Å². The lowest BCUT2D eigenvalue weighted by Gasteiger charge is -2.12. The summed E-state index contributed by atoms with van der Waals surface area (Å²) in [6.45, 7) is 6.57. The summed E-state index contributed by atoms with van der Waals surface area (Å²) < 4.78 is 4.49. The maximum Gasteiger partial charge on any atom is 0.222 e. The van der Waals surface area contributed by atoms with Crippen molar-refractivity contribution >= 4 is 32.6 Å². The van der Waals surface area contributed by atoms with Crippen molar-refractivity contribution in [3.05, 3.63) is 102 Å². The van der Waals surface area contributed by atoms with Crippen LogP contribution in [-0.2, 0) is 7.05 Å². The van der Waals surface area contributed by atoms with Crippen molar-refractivity contribution < 1.29 is 4.57 Å². The van der Waals surface area contributed by atoms with Gasteiger partial charge in [0.1, 0.15) is 12.9 Å². The van der Waals surface area contributed by atoms with Gasteiger partial charge in [-0.15, -0.1) is 0 Å². The van der Waals surface area contributed by atoms with Gasteiger partial charge in [-0.25, -0.2) is 9.55 Å². The third-order valence-electron chi connectivity index (χ3n) is 6.88. The molecule has 3 heteroatoms. The molecule has 0 atom stereocenters. The number of pyridine rings is 2. The average Bonchev–Trinajstić information content (AvgIpc) is 3.16. The third-order valence-corrected chi connectivity index (χ3v) is 6.88. The van der Waals surface area contributed by atoms with Gasteiger partial charge < -0.3 is 0 Å². The summed E-state index contributed by atoms with van der Waals surface area (Å²) in [6, 6.07) is 26.1. The molecule has 0 aliphatic rings. The summed E-state index contributed by atoms with van der Waals surface area (Å²) in [5, 5.41) is 4.85. The van der Waals surface area contributed by atoms with Crippen LogP contribution in [0.5, 0.6) is 0 Å². The maximum absolute atomic E-state index is 5.00. The molecule has 0 bridgehead atoms. The van der Waals surface area contributed by atoms with Crippen molar-refractivity contribution in [2.75, 3.05) is 0 Å². The number of fused-ring (bicyclic) bond motifs is 4. The van der Waals surface area contributed by atoms with E-state index in [1.807, 2.05) is 6.20 Å². The Kier molecular flexibility index (Phi) is 4.34. The Morgan fingerprint density at radius 1 is 0.758 bits per heavy atom. The van der Waals surface area contributed by atoms with Crippen LogP contribution in [0.15, 0.2) is 85.2 Å². The highest BCUT2D eigenvalue weighted by atomic mass is 15.1. The van der Waals surface area contributed by atoms with Gasteiger partial charge >= 0.3 is 0 Å². The Balaban J connectivity index is 1.64. The van der Waals surface area contributed by atoms with Crippen LogP contribution >= 0.6 is 0 Å². The molecule has 3 heterocycles. The van der Waals surface area contributed by atoms with Gasteiger partial charge in [-0.1, -0.05) is 48.0 Å². The van der Waals surface area contributed by atoms with Crippen molar-refractivity contribution in [3.63, 3.8) is 0 Å². The highest BCUT2D eigenvalue weighted by Gasteiger charge is 2.20. The van der Waals surface area contributed by atoms with E-state index in [4.69, 9.17) is 4.98 Å². The fourth-order valence-electron chi connectivity index (χ4n) is 5.16. The molecule has 6 rings (SSSR count). The van der Waals surface area contributed by atoms with Crippen LogP contribution in [0, 0.1) is 20.8 Å². The van der Waals surface area contributed by atoms with E-state index in [9.17, 15) is 0 Å². The zero-order chi connectivity index (χ0) is 22.7. The highest BCUT2D eigenvalue weighted by molar-refractivity contribution is 6.09. The minimum Gasteiger partial charge on any atom is -0.294 e. The predicted octanol–water partition coefficient (Wildman–Crippen LogP) is 6.75. The molecule has 3 aromatic carbocycles. The smallest absolute Gasteiger partial charge is 0.222 e. The largest absolute Gasteiger partial charge is 0.294 e. The molecule has 0 aliphatic heterocycles. The van der Waals surface area contributed by atoms with Crippen LogP contribution in [-0.4, -0.2) is 9.55 Å². The molecular weight excluding hydrogens is 402 g/mol. The number of aryl methyl sites for hydroxylation is 3. The third kappa shape index (κ3) is 2.96. The van der Waals surface area contributed by atoms with Crippen LogP contribution in [0.1, 0.15) is 16.7 Å². The Morgan fingerprint density at radius 3 is 2.12 bits per heavy atom. The van der Waals surface area contributed by atoms with Gasteiger partial charge in [0.05, 0.1) is 22.0 Å². The Hall–Kier alpha value is -3.98. The zero-order valence-corrected chi connectivity index (χ0v) is 19.4. The van der Waals surface area contributed by atoms with Crippen LogP contribution in [0.25, 0.3) is 49.7 Å². The average molecular weight is 429 g/mol. The van der Waals surface area contributed by atoms with E-state index in [2.05, 4.69) is 116 Å². The first kappa shape index (κ1) is 19.7. The maximum atomic E-state index is 5.00. The van der Waals surface area contributed by atoms with Crippen LogP contribution in [0.2, 0.25) is 0 Å². The predicted molar refractivity (Wildman–Crippen MR) is 137 cm³/mol. The van der Waals surface area contributed by atoms with Gasteiger partial charge in [-0.05, 0) is 61.5 Å². The fraction of sp³-hybridized carbons (Fsp3) is 0.133. The topological polar surface area (TPSA) is 21.7 Å². The zero-order valence-electron chi connectivity index (χ0n) is 19.4. The molecule has 0 fully saturated rings. The molecule has 160 valence electrons. The standard InChI is InChI=1S/C30H26N3/c1-19-15-20(2)21(3)25(16-19)30-26-18-31-29(17-22(26)13-14-32(30)4)33-27-11-7-5-9-23(27)24-10-6-8-12-28(24)33/h5-18H,1-4H3/q+1. The molecule has 0 saturated heterocycles. The normalized spacial score (nSPS) is 11.6. The summed E-state index contributed by atoms with van der Waals surface area (Å²) in [6.07, 6.45) is 4.20. The van der Waals surface area contributed by atoms with Gasteiger partial charge in [0.15, 0.2) is 6.20 Å². The van der Waals surface area contributed by atoms with E-state index in [1.54, 1.807) is 0 Å². The van der Waals surface area contributed by atoms with Crippen molar-refractivity contribution in [1.29, 1.82) is 0 Å².